The summed E-state index contributed by atoms with van der Waals surface area (Å²) in [5.74, 6) is -0.157. The summed E-state index contributed by atoms with van der Waals surface area (Å²) in [5, 5.41) is 14.3. The summed E-state index contributed by atoms with van der Waals surface area (Å²) >= 11 is 0. The Labute approximate surface area is 138 Å². The van der Waals surface area contributed by atoms with Crippen molar-refractivity contribution in [2.45, 2.75) is 23.3 Å². The number of nitrogens with one attached hydrogen (secondary N) is 1. The number of halogens is 1. The lowest BCUT2D eigenvalue weighted by atomic mass is 10.1. The molecular formula is C16H15FN2O4S. The van der Waals surface area contributed by atoms with Gasteiger partial charge in [-0.25, -0.2) is 12.8 Å². The number of benzene rings is 2. The smallest absolute Gasteiger partial charge is 0.293 e. The van der Waals surface area contributed by atoms with Crippen LogP contribution in [0.2, 0.25) is 0 Å². The molecule has 0 saturated heterocycles. The van der Waals surface area contributed by atoms with E-state index in [0.717, 1.165) is 24.3 Å². The number of hydrogen-bond donors (Lipinski definition) is 1. The van der Waals surface area contributed by atoms with Crippen molar-refractivity contribution < 1.29 is 17.7 Å². The maximum absolute atomic E-state index is 13.0. The highest BCUT2D eigenvalue weighted by molar-refractivity contribution is 7.90. The van der Waals surface area contributed by atoms with Crippen LogP contribution < -0.4 is 5.32 Å². The predicted molar refractivity (Wildman–Crippen MR) is 87.4 cm³/mol. The van der Waals surface area contributed by atoms with E-state index in [1.165, 1.54) is 24.3 Å². The zero-order valence-corrected chi connectivity index (χ0v) is 13.6. The van der Waals surface area contributed by atoms with Crippen LogP contribution >= 0.6 is 0 Å². The molecular weight excluding hydrogens is 335 g/mol. The second-order valence-corrected chi connectivity index (χ2v) is 7.87. The Morgan fingerprint density at radius 2 is 1.88 bits per heavy atom. The zero-order chi connectivity index (χ0) is 17.5. The highest BCUT2D eigenvalue weighted by Gasteiger charge is 2.39. The van der Waals surface area contributed by atoms with Gasteiger partial charge in [0, 0.05) is 24.3 Å². The second kappa shape index (κ2) is 5.86. The van der Waals surface area contributed by atoms with E-state index in [-0.39, 0.29) is 34.0 Å². The Morgan fingerprint density at radius 1 is 1.21 bits per heavy atom. The van der Waals surface area contributed by atoms with Crippen molar-refractivity contribution in [3.05, 3.63) is 64.0 Å². The van der Waals surface area contributed by atoms with Gasteiger partial charge in [0.2, 0.25) is 0 Å². The molecule has 2 aromatic rings. The third-order valence-corrected chi connectivity index (χ3v) is 5.13. The normalized spacial score (nSPS) is 19.8. The monoisotopic (exact) mass is 350 g/mol. The predicted octanol–water partition coefficient (Wildman–Crippen LogP) is 3.11. The molecule has 0 aliphatic heterocycles. The number of hydrogen-bond acceptors (Lipinski definition) is 5. The van der Waals surface area contributed by atoms with Crippen molar-refractivity contribution >= 4 is 21.2 Å². The van der Waals surface area contributed by atoms with Gasteiger partial charge < -0.3 is 5.32 Å². The Morgan fingerprint density at radius 3 is 2.46 bits per heavy atom. The summed E-state index contributed by atoms with van der Waals surface area (Å²) in [6.07, 6.45) is 1.78. The van der Waals surface area contributed by atoms with Crippen LogP contribution in [0.5, 0.6) is 0 Å². The first-order chi connectivity index (χ1) is 11.3. The summed E-state index contributed by atoms with van der Waals surface area (Å²) in [6.45, 7) is 0. The molecule has 0 radical (unpaired) electrons. The van der Waals surface area contributed by atoms with Crippen LogP contribution in [0, 0.1) is 15.9 Å². The number of rotatable bonds is 5. The summed E-state index contributed by atoms with van der Waals surface area (Å²) < 4.78 is 36.0. The van der Waals surface area contributed by atoms with Crippen LogP contribution in [0.3, 0.4) is 0 Å². The maximum atomic E-state index is 13.0. The van der Waals surface area contributed by atoms with Crippen LogP contribution in [0.25, 0.3) is 0 Å². The van der Waals surface area contributed by atoms with E-state index in [2.05, 4.69) is 5.32 Å². The molecule has 0 amide bonds. The quantitative estimate of drug-likeness (QED) is 0.661. The van der Waals surface area contributed by atoms with Crippen LogP contribution in [-0.2, 0) is 9.84 Å². The number of anilines is 1. The van der Waals surface area contributed by atoms with Crippen LogP contribution in [0.15, 0.2) is 47.4 Å². The van der Waals surface area contributed by atoms with E-state index in [4.69, 9.17) is 0 Å². The zero-order valence-electron chi connectivity index (χ0n) is 12.8. The number of nitro groups is 1. The topological polar surface area (TPSA) is 89.3 Å². The molecule has 0 spiro atoms. The Kier molecular flexibility index (Phi) is 4.00. The van der Waals surface area contributed by atoms with Gasteiger partial charge in [-0.3, -0.25) is 10.1 Å². The Balaban J connectivity index is 1.81. The fourth-order valence-corrected chi connectivity index (χ4v) is 3.29. The molecule has 2 atom stereocenters. The highest BCUT2D eigenvalue weighted by Crippen LogP contribution is 2.44. The van der Waals surface area contributed by atoms with E-state index in [9.17, 15) is 22.9 Å². The van der Waals surface area contributed by atoms with Crippen molar-refractivity contribution in [2.24, 2.45) is 0 Å². The number of nitro benzene ring substituents is 1. The molecule has 2 aromatic carbocycles. The SMILES string of the molecule is CS(=O)(=O)c1ccc(N[C@@H]2C[C@H]2c2ccc(F)cc2)c([N+](=O)[O-])c1. The molecule has 1 aliphatic rings. The maximum Gasteiger partial charge on any atom is 0.293 e. The van der Waals surface area contributed by atoms with Crippen LogP contribution in [-0.4, -0.2) is 25.6 Å². The van der Waals surface area contributed by atoms with Gasteiger partial charge in [0.15, 0.2) is 9.84 Å². The van der Waals surface area contributed by atoms with Gasteiger partial charge >= 0.3 is 0 Å². The van der Waals surface area contributed by atoms with Gasteiger partial charge in [0.05, 0.1) is 9.82 Å². The highest BCUT2D eigenvalue weighted by atomic mass is 32.2. The molecule has 126 valence electrons. The molecule has 0 bridgehead atoms. The fourth-order valence-electron chi connectivity index (χ4n) is 2.65. The van der Waals surface area contributed by atoms with E-state index < -0.39 is 14.8 Å². The minimum Gasteiger partial charge on any atom is -0.376 e. The molecule has 3 rings (SSSR count). The van der Waals surface area contributed by atoms with Crippen molar-refractivity contribution in [1.82, 2.24) is 0 Å². The van der Waals surface area contributed by atoms with Gasteiger partial charge in [-0.15, -0.1) is 0 Å². The van der Waals surface area contributed by atoms with E-state index in [1.54, 1.807) is 12.1 Å². The molecule has 6 nitrogen and oxygen atoms in total. The van der Waals surface area contributed by atoms with Crippen molar-refractivity contribution in [3.63, 3.8) is 0 Å². The molecule has 0 heterocycles. The summed E-state index contributed by atoms with van der Waals surface area (Å²) in [5.41, 5.74) is 0.967. The van der Waals surface area contributed by atoms with E-state index in [0.29, 0.717) is 0 Å². The average Bonchev–Trinajstić information content (AvgIpc) is 3.26. The molecule has 1 aliphatic carbocycles. The molecule has 0 unspecified atom stereocenters. The molecule has 1 N–H and O–H groups in total. The third kappa shape index (κ3) is 3.38. The van der Waals surface area contributed by atoms with Crippen LogP contribution in [0.1, 0.15) is 17.9 Å². The standard InChI is InChI=1S/C16H15FN2O4S/c1-24(22,23)12-6-7-14(16(8-12)19(20)21)18-15-9-13(15)10-2-4-11(17)5-3-10/h2-8,13,15,18H,9H2,1H3/t13-,15+/m0/s1. The van der Waals surface area contributed by atoms with Gasteiger partial charge in [-0.2, -0.15) is 0 Å². The summed E-state index contributed by atoms with van der Waals surface area (Å²) in [6, 6.07) is 9.98. The minimum absolute atomic E-state index is 0.00163. The largest absolute Gasteiger partial charge is 0.376 e. The molecule has 24 heavy (non-hydrogen) atoms. The number of nitrogens with zero attached hydrogens (tertiary/aromatic N) is 1. The fraction of sp³-hybridized carbons (Fsp3) is 0.250. The second-order valence-electron chi connectivity index (χ2n) is 5.85. The van der Waals surface area contributed by atoms with Gasteiger partial charge in [0.25, 0.3) is 5.69 Å². The Bertz CT molecular complexity index is 897. The Hall–Kier alpha value is -2.48. The number of sulfone groups is 1. The van der Waals surface area contributed by atoms with Crippen molar-refractivity contribution in [1.29, 1.82) is 0 Å². The van der Waals surface area contributed by atoms with E-state index >= 15 is 0 Å². The molecule has 1 saturated carbocycles. The minimum atomic E-state index is -3.51. The summed E-state index contributed by atoms with van der Waals surface area (Å²) in [7, 11) is -3.51. The van der Waals surface area contributed by atoms with Crippen molar-refractivity contribution in [3.8, 4) is 0 Å². The molecule has 8 heteroatoms. The lowest BCUT2D eigenvalue weighted by Gasteiger charge is -2.08. The summed E-state index contributed by atoms with van der Waals surface area (Å²) in [4.78, 5) is 10.5. The van der Waals surface area contributed by atoms with Crippen molar-refractivity contribution in [2.75, 3.05) is 11.6 Å². The van der Waals surface area contributed by atoms with Gasteiger partial charge in [-0.1, -0.05) is 12.1 Å². The molecule has 0 aromatic heterocycles. The average molecular weight is 350 g/mol. The van der Waals surface area contributed by atoms with Gasteiger partial charge in [-0.05, 0) is 36.2 Å². The molecule has 1 fully saturated rings. The lowest BCUT2D eigenvalue weighted by molar-refractivity contribution is -0.384. The first-order valence-electron chi connectivity index (χ1n) is 7.26. The van der Waals surface area contributed by atoms with E-state index in [1.807, 2.05) is 0 Å². The van der Waals surface area contributed by atoms with Gasteiger partial charge in [0.1, 0.15) is 11.5 Å². The first kappa shape index (κ1) is 16.4. The van der Waals surface area contributed by atoms with Crippen LogP contribution in [0.4, 0.5) is 15.8 Å². The third-order valence-electron chi connectivity index (χ3n) is 4.02. The first-order valence-corrected chi connectivity index (χ1v) is 9.15. The lowest BCUT2D eigenvalue weighted by Crippen LogP contribution is -2.08.